The molecule has 1 aromatic heterocycles. The second kappa shape index (κ2) is 5.84. The summed E-state index contributed by atoms with van der Waals surface area (Å²) in [7, 11) is 1.56. The Bertz CT molecular complexity index is 861. The third kappa shape index (κ3) is 2.73. The van der Waals surface area contributed by atoms with Crippen LogP contribution in [0.15, 0.2) is 48.7 Å². The van der Waals surface area contributed by atoms with E-state index in [1.807, 2.05) is 0 Å². The van der Waals surface area contributed by atoms with Crippen molar-refractivity contribution in [3.8, 4) is 22.7 Å². The molecule has 2 aromatic carbocycles. The summed E-state index contributed by atoms with van der Waals surface area (Å²) in [5.41, 5.74) is 0.221. The third-order valence-electron chi connectivity index (χ3n) is 3.27. The summed E-state index contributed by atoms with van der Waals surface area (Å²) in [6.45, 7) is 0. The lowest BCUT2D eigenvalue weighted by atomic mass is 10.1. The van der Waals surface area contributed by atoms with E-state index in [2.05, 4.69) is 10.3 Å². The number of nitro benzene ring substituents is 1. The predicted octanol–water partition coefficient (Wildman–Crippen LogP) is 2.99. The molecule has 0 atom stereocenters. The van der Waals surface area contributed by atoms with Gasteiger partial charge in [0.15, 0.2) is 0 Å². The molecule has 8 heteroatoms. The van der Waals surface area contributed by atoms with E-state index in [0.29, 0.717) is 11.4 Å². The monoisotopic (exact) mass is 314 g/mol. The first kappa shape index (κ1) is 14.6. The average Bonchev–Trinajstić information content (AvgIpc) is 3.04. The molecule has 0 bridgehead atoms. The Morgan fingerprint density at radius 1 is 1.22 bits per heavy atom. The van der Waals surface area contributed by atoms with Gasteiger partial charge in [0.25, 0.3) is 5.69 Å². The van der Waals surface area contributed by atoms with E-state index in [1.165, 1.54) is 23.0 Å². The summed E-state index contributed by atoms with van der Waals surface area (Å²) in [5.74, 6) is -0.0418. The number of nitrogens with zero attached hydrogens (tertiary/aromatic N) is 4. The molecule has 116 valence electrons. The Hall–Kier alpha value is -3.29. The van der Waals surface area contributed by atoms with Crippen LogP contribution < -0.4 is 4.74 Å². The minimum absolute atomic E-state index is 0.0885. The van der Waals surface area contributed by atoms with Gasteiger partial charge in [0, 0.05) is 6.07 Å². The van der Waals surface area contributed by atoms with Crippen LogP contribution in [0.3, 0.4) is 0 Å². The quantitative estimate of drug-likeness (QED) is 0.546. The molecule has 23 heavy (non-hydrogen) atoms. The van der Waals surface area contributed by atoms with Gasteiger partial charge in [-0.25, -0.2) is 9.07 Å². The molecule has 0 saturated carbocycles. The highest BCUT2D eigenvalue weighted by atomic mass is 19.1. The molecule has 0 saturated heterocycles. The van der Waals surface area contributed by atoms with Gasteiger partial charge in [0.1, 0.15) is 22.8 Å². The fourth-order valence-electron chi connectivity index (χ4n) is 2.16. The van der Waals surface area contributed by atoms with Crippen LogP contribution in [0.4, 0.5) is 10.1 Å². The second-order valence-corrected chi connectivity index (χ2v) is 4.64. The van der Waals surface area contributed by atoms with Gasteiger partial charge in [-0.1, -0.05) is 11.3 Å². The van der Waals surface area contributed by atoms with Crippen molar-refractivity contribution in [2.24, 2.45) is 0 Å². The highest BCUT2D eigenvalue weighted by molar-refractivity contribution is 5.70. The summed E-state index contributed by atoms with van der Waals surface area (Å²) in [6, 6.07) is 10.6. The van der Waals surface area contributed by atoms with Gasteiger partial charge in [-0.05, 0) is 30.3 Å². The molecule has 1 heterocycles. The largest absolute Gasteiger partial charge is 0.497 e. The Kier molecular flexibility index (Phi) is 3.71. The molecule has 3 rings (SSSR count). The number of nitro groups is 1. The third-order valence-corrected chi connectivity index (χ3v) is 3.27. The summed E-state index contributed by atoms with van der Waals surface area (Å²) in [5, 5.41) is 18.8. The van der Waals surface area contributed by atoms with Crippen LogP contribution in [0.5, 0.6) is 5.75 Å². The lowest BCUT2D eigenvalue weighted by Crippen LogP contribution is -1.95. The fourth-order valence-corrected chi connectivity index (χ4v) is 2.16. The van der Waals surface area contributed by atoms with Gasteiger partial charge in [0.05, 0.1) is 23.9 Å². The zero-order chi connectivity index (χ0) is 16.4. The number of benzene rings is 2. The van der Waals surface area contributed by atoms with E-state index < -0.39 is 10.7 Å². The first-order chi connectivity index (χ1) is 11.1. The van der Waals surface area contributed by atoms with Gasteiger partial charge in [-0.3, -0.25) is 10.1 Å². The number of aromatic nitrogens is 3. The molecule has 0 aliphatic carbocycles. The maximum atomic E-state index is 14.0. The van der Waals surface area contributed by atoms with Gasteiger partial charge >= 0.3 is 0 Å². The summed E-state index contributed by atoms with van der Waals surface area (Å²) < 4.78 is 20.5. The molecule has 0 N–H and O–H groups in total. The number of ether oxygens (including phenoxy) is 1. The Balaban J connectivity index is 2.04. The number of hydrogen-bond donors (Lipinski definition) is 0. The molecule has 0 aliphatic heterocycles. The molecule has 7 nitrogen and oxygen atoms in total. The van der Waals surface area contributed by atoms with Crippen molar-refractivity contribution in [3.63, 3.8) is 0 Å². The highest BCUT2D eigenvalue weighted by Crippen LogP contribution is 2.31. The minimum atomic E-state index is -0.721. The summed E-state index contributed by atoms with van der Waals surface area (Å²) in [4.78, 5) is 10.4. The molecule has 0 aliphatic rings. The number of rotatable bonds is 4. The lowest BCUT2D eigenvalue weighted by Gasteiger charge is -2.02. The average molecular weight is 314 g/mol. The van der Waals surface area contributed by atoms with E-state index in [-0.39, 0.29) is 16.9 Å². The van der Waals surface area contributed by atoms with Gasteiger partial charge in [0.2, 0.25) is 0 Å². The molecule has 0 fully saturated rings. The van der Waals surface area contributed by atoms with Gasteiger partial charge in [-0.2, -0.15) is 0 Å². The summed E-state index contributed by atoms with van der Waals surface area (Å²) in [6.07, 6.45) is 1.44. The lowest BCUT2D eigenvalue weighted by molar-refractivity contribution is -0.384. The SMILES string of the molecule is COc1ccc(-n2cc(-c3c(F)cccc3[N+](=O)[O-])nn2)cc1. The summed E-state index contributed by atoms with van der Waals surface area (Å²) >= 11 is 0. The van der Waals surface area contributed by atoms with Crippen LogP contribution in [0.2, 0.25) is 0 Å². The Morgan fingerprint density at radius 2 is 1.96 bits per heavy atom. The van der Waals surface area contributed by atoms with Crippen molar-refractivity contribution in [3.05, 3.63) is 64.6 Å². The molecular formula is C15H11FN4O3. The Morgan fingerprint density at radius 3 is 2.61 bits per heavy atom. The highest BCUT2D eigenvalue weighted by Gasteiger charge is 2.22. The predicted molar refractivity (Wildman–Crippen MR) is 80.0 cm³/mol. The smallest absolute Gasteiger partial charge is 0.281 e. The molecule has 3 aromatic rings. The normalized spacial score (nSPS) is 10.5. The van der Waals surface area contributed by atoms with Crippen LogP contribution in [0.1, 0.15) is 0 Å². The van der Waals surface area contributed by atoms with Crippen molar-refractivity contribution < 1.29 is 14.1 Å². The van der Waals surface area contributed by atoms with E-state index in [1.54, 1.807) is 31.4 Å². The molecule has 0 spiro atoms. The van der Waals surface area contributed by atoms with Crippen molar-refractivity contribution >= 4 is 5.69 Å². The zero-order valence-corrected chi connectivity index (χ0v) is 12.0. The standard InChI is InChI=1S/C15H11FN4O3/c1-23-11-7-5-10(6-8-11)19-9-13(17-18-19)15-12(16)3-2-4-14(15)20(21)22/h2-9H,1H3. The Labute approximate surface area is 130 Å². The van der Waals surface area contributed by atoms with Crippen molar-refractivity contribution in [2.75, 3.05) is 7.11 Å². The first-order valence-electron chi connectivity index (χ1n) is 6.60. The van der Waals surface area contributed by atoms with Crippen LogP contribution >= 0.6 is 0 Å². The fraction of sp³-hybridized carbons (Fsp3) is 0.0667. The maximum absolute atomic E-state index is 14.0. The van der Waals surface area contributed by atoms with E-state index >= 15 is 0 Å². The molecule has 0 radical (unpaired) electrons. The van der Waals surface area contributed by atoms with Crippen LogP contribution in [0.25, 0.3) is 16.9 Å². The molecular weight excluding hydrogens is 303 g/mol. The number of hydrogen-bond acceptors (Lipinski definition) is 5. The van der Waals surface area contributed by atoms with E-state index in [4.69, 9.17) is 4.74 Å². The van der Waals surface area contributed by atoms with Crippen molar-refractivity contribution in [1.29, 1.82) is 0 Å². The van der Waals surface area contributed by atoms with Crippen LogP contribution in [-0.4, -0.2) is 27.0 Å². The first-order valence-corrected chi connectivity index (χ1v) is 6.60. The zero-order valence-electron chi connectivity index (χ0n) is 12.0. The van der Waals surface area contributed by atoms with Crippen LogP contribution in [0, 0.1) is 15.9 Å². The minimum Gasteiger partial charge on any atom is -0.497 e. The van der Waals surface area contributed by atoms with Gasteiger partial charge < -0.3 is 4.74 Å². The van der Waals surface area contributed by atoms with Crippen molar-refractivity contribution in [1.82, 2.24) is 15.0 Å². The number of methoxy groups -OCH3 is 1. The van der Waals surface area contributed by atoms with Crippen LogP contribution in [-0.2, 0) is 0 Å². The second-order valence-electron chi connectivity index (χ2n) is 4.64. The maximum Gasteiger partial charge on any atom is 0.281 e. The number of halogens is 1. The van der Waals surface area contributed by atoms with Gasteiger partial charge in [-0.15, -0.1) is 5.10 Å². The van der Waals surface area contributed by atoms with E-state index in [9.17, 15) is 14.5 Å². The van der Waals surface area contributed by atoms with Crippen molar-refractivity contribution in [2.45, 2.75) is 0 Å². The molecule has 0 amide bonds. The molecule has 0 unspecified atom stereocenters. The van der Waals surface area contributed by atoms with E-state index in [0.717, 1.165) is 6.07 Å². The topological polar surface area (TPSA) is 83.1 Å².